The summed E-state index contributed by atoms with van der Waals surface area (Å²) in [5.41, 5.74) is 3.88. The molecule has 20 heavy (non-hydrogen) atoms. The Morgan fingerprint density at radius 3 is 1.80 bits per heavy atom. The van der Waals surface area contributed by atoms with E-state index in [1.807, 2.05) is 38.1 Å². The minimum Gasteiger partial charge on any atom is -0.272 e. The molecule has 2 aliphatic rings. The fraction of sp³-hybridized carbons (Fsp3) is 0.294. The molecule has 0 spiro atoms. The standard InChI is InChI=1S/C17H15NO2/c1-9(2)18-16(19)12-7-5-10-3-4-11-6-8-13(17(18)20)15(12)14(10)11/h5-9H,3-4H2,1-2H3. The summed E-state index contributed by atoms with van der Waals surface area (Å²) in [6.45, 7) is 3.75. The highest BCUT2D eigenvalue weighted by atomic mass is 16.2. The van der Waals surface area contributed by atoms with Crippen LogP contribution in [0, 0.1) is 0 Å². The van der Waals surface area contributed by atoms with Crippen molar-refractivity contribution < 1.29 is 9.59 Å². The molecule has 1 aliphatic heterocycles. The van der Waals surface area contributed by atoms with E-state index in [1.54, 1.807) is 0 Å². The largest absolute Gasteiger partial charge is 0.272 e. The Balaban J connectivity index is 2.13. The van der Waals surface area contributed by atoms with Gasteiger partial charge in [-0.25, -0.2) is 0 Å². The summed E-state index contributed by atoms with van der Waals surface area (Å²) in [5, 5.41) is 2.02. The Morgan fingerprint density at radius 1 is 0.850 bits per heavy atom. The van der Waals surface area contributed by atoms with Crippen molar-refractivity contribution in [3.63, 3.8) is 0 Å². The summed E-state index contributed by atoms with van der Waals surface area (Å²) in [6.07, 6.45) is 2.01. The van der Waals surface area contributed by atoms with Gasteiger partial charge in [0.2, 0.25) is 0 Å². The Labute approximate surface area is 117 Å². The molecule has 100 valence electrons. The van der Waals surface area contributed by atoms with E-state index < -0.39 is 0 Å². The smallest absolute Gasteiger partial charge is 0.261 e. The summed E-state index contributed by atoms with van der Waals surface area (Å²) in [6, 6.07) is 7.75. The zero-order valence-electron chi connectivity index (χ0n) is 11.6. The average molecular weight is 265 g/mol. The topological polar surface area (TPSA) is 37.4 Å². The van der Waals surface area contributed by atoms with Gasteiger partial charge in [0.1, 0.15) is 0 Å². The van der Waals surface area contributed by atoms with Gasteiger partial charge in [0.15, 0.2) is 0 Å². The summed E-state index contributed by atoms with van der Waals surface area (Å²) in [5.74, 6) is -0.318. The zero-order chi connectivity index (χ0) is 14.0. The van der Waals surface area contributed by atoms with Crippen LogP contribution in [0.4, 0.5) is 0 Å². The molecule has 1 heterocycles. The van der Waals surface area contributed by atoms with Crippen LogP contribution in [0.1, 0.15) is 45.7 Å². The van der Waals surface area contributed by atoms with E-state index in [1.165, 1.54) is 16.0 Å². The fourth-order valence-electron chi connectivity index (χ4n) is 3.51. The van der Waals surface area contributed by atoms with Crippen molar-refractivity contribution in [2.45, 2.75) is 32.7 Å². The van der Waals surface area contributed by atoms with Crippen LogP contribution in [0.5, 0.6) is 0 Å². The van der Waals surface area contributed by atoms with E-state index in [2.05, 4.69) is 0 Å². The van der Waals surface area contributed by atoms with Crippen LogP contribution in [-0.2, 0) is 12.8 Å². The maximum Gasteiger partial charge on any atom is 0.261 e. The molecule has 0 bridgehead atoms. The second-order valence-electron chi connectivity index (χ2n) is 5.87. The quantitative estimate of drug-likeness (QED) is 0.743. The molecule has 0 aromatic heterocycles. The van der Waals surface area contributed by atoms with Gasteiger partial charge in [0.25, 0.3) is 11.8 Å². The van der Waals surface area contributed by atoms with Gasteiger partial charge in [-0.15, -0.1) is 0 Å². The van der Waals surface area contributed by atoms with Crippen molar-refractivity contribution in [1.29, 1.82) is 0 Å². The molecule has 0 unspecified atom stereocenters. The molecule has 3 heteroatoms. The first-order chi connectivity index (χ1) is 9.59. The summed E-state index contributed by atoms with van der Waals surface area (Å²) < 4.78 is 0. The number of carbonyl (C=O) groups is 2. The molecule has 0 atom stereocenters. The second-order valence-corrected chi connectivity index (χ2v) is 5.87. The number of rotatable bonds is 1. The van der Waals surface area contributed by atoms with Crippen LogP contribution < -0.4 is 0 Å². The fourth-order valence-corrected chi connectivity index (χ4v) is 3.51. The number of imide groups is 1. The lowest BCUT2D eigenvalue weighted by molar-refractivity contribution is 0.0564. The van der Waals surface area contributed by atoms with Crippen LogP contribution in [0.3, 0.4) is 0 Å². The van der Waals surface area contributed by atoms with Crippen LogP contribution in [-0.4, -0.2) is 22.8 Å². The van der Waals surface area contributed by atoms with Crippen molar-refractivity contribution in [2.24, 2.45) is 0 Å². The molecule has 2 aromatic carbocycles. The first-order valence-corrected chi connectivity index (χ1v) is 7.05. The van der Waals surface area contributed by atoms with Gasteiger partial charge in [-0.1, -0.05) is 12.1 Å². The lowest BCUT2D eigenvalue weighted by atomic mass is 9.91. The van der Waals surface area contributed by atoms with E-state index in [0.717, 1.165) is 23.6 Å². The number of aryl methyl sites for hydroxylation is 2. The molecule has 3 nitrogen and oxygen atoms in total. The van der Waals surface area contributed by atoms with Crippen LogP contribution in [0.25, 0.3) is 10.8 Å². The zero-order valence-corrected chi connectivity index (χ0v) is 11.6. The minimum absolute atomic E-state index is 0.123. The second kappa shape index (κ2) is 3.69. The van der Waals surface area contributed by atoms with Crippen LogP contribution >= 0.6 is 0 Å². The number of benzene rings is 2. The van der Waals surface area contributed by atoms with Gasteiger partial charge in [-0.2, -0.15) is 0 Å². The van der Waals surface area contributed by atoms with E-state index in [0.29, 0.717) is 11.1 Å². The molecule has 1 aliphatic carbocycles. The first-order valence-electron chi connectivity index (χ1n) is 7.05. The highest BCUT2D eigenvalue weighted by molar-refractivity contribution is 6.26. The number of hydrogen-bond acceptors (Lipinski definition) is 2. The third-order valence-electron chi connectivity index (χ3n) is 4.41. The Hall–Kier alpha value is -2.16. The Kier molecular flexibility index (Phi) is 2.15. The molecule has 0 fully saturated rings. The van der Waals surface area contributed by atoms with Crippen LogP contribution in [0.15, 0.2) is 24.3 Å². The minimum atomic E-state index is -0.159. The average Bonchev–Trinajstić information content (AvgIpc) is 2.83. The lowest BCUT2D eigenvalue weighted by Gasteiger charge is -2.30. The van der Waals surface area contributed by atoms with Gasteiger partial charge in [-0.05, 0) is 55.3 Å². The molecule has 0 radical (unpaired) electrons. The van der Waals surface area contributed by atoms with Crippen molar-refractivity contribution >= 4 is 22.6 Å². The van der Waals surface area contributed by atoms with Crippen molar-refractivity contribution in [3.8, 4) is 0 Å². The predicted molar refractivity (Wildman–Crippen MR) is 77.0 cm³/mol. The number of nitrogens with zero attached hydrogens (tertiary/aromatic N) is 1. The molecular formula is C17H15NO2. The van der Waals surface area contributed by atoms with Gasteiger partial charge in [0, 0.05) is 22.6 Å². The van der Waals surface area contributed by atoms with Gasteiger partial charge in [0.05, 0.1) is 0 Å². The maximum atomic E-state index is 12.6. The van der Waals surface area contributed by atoms with E-state index in [9.17, 15) is 9.59 Å². The van der Waals surface area contributed by atoms with Crippen molar-refractivity contribution in [3.05, 3.63) is 46.5 Å². The van der Waals surface area contributed by atoms with Gasteiger partial charge >= 0.3 is 0 Å². The van der Waals surface area contributed by atoms with E-state index in [4.69, 9.17) is 0 Å². The number of carbonyl (C=O) groups excluding carboxylic acids is 2. The van der Waals surface area contributed by atoms with Gasteiger partial charge in [-0.3, -0.25) is 14.5 Å². The molecule has 4 rings (SSSR count). The summed E-state index contributed by atoms with van der Waals surface area (Å²) in [7, 11) is 0. The predicted octanol–water partition coefficient (Wildman–Crippen LogP) is 2.94. The Morgan fingerprint density at radius 2 is 1.35 bits per heavy atom. The molecule has 2 amide bonds. The third kappa shape index (κ3) is 1.25. The Bertz CT molecular complexity index is 730. The van der Waals surface area contributed by atoms with E-state index >= 15 is 0 Å². The number of hydrogen-bond donors (Lipinski definition) is 0. The van der Waals surface area contributed by atoms with Crippen molar-refractivity contribution in [1.82, 2.24) is 4.90 Å². The maximum absolute atomic E-state index is 12.6. The highest BCUT2D eigenvalue weighted by Crippen LogP contribution is 2.38. The molecule has 0 N–H and O–H groups in total. The van der Waals surface area contributed by atoms with Crippen LogP contribution in [0.2, 0.25) is 0 Å². The third-order valence-corrected chi connectivity index (χ3v) is 4.41. The highest BCUT2D eigenvalue weighted by Gasteiger charge is 2.35. The van der Waals surface area contributed by atoms with Crippen molar-refractivity contribution in [2.75, 3.05) is 0 Å². The normalized spacial score (nSPS) is 16.6. The molecule has 0 saturated carbocycles. The molecule has 2 aromatic rings. The van der Waals surface area contributed by atoms with Gasteiger partial charge < -0.3 is 0 Å². The number of amides is 2. The SMILES string of the molecule is CC(C)N1C(=O)c2ccc3c4c(ccc(c24)C1=O)CC3. The van der Waals surface area contributed by atoms with E-state index in [-0.39, 0.29) is 17.9 Å². The lowest BCUT2D eigenvalue weighted by Crippen LogP contribution is -2.44. The molecule has 0 saturated heterocycles. The first kappa shape index (κ1) is 11.6. The monoisotopic (exact) mass is 265 g/mol. The summed E-state index contributed by atoms with van der Waals surface area (Å²) in [4.78, 5) is 26.6. The summed E-state index contributed by atoms with van der Waals surface area (Å²) >= 11 is 0. The molecular weight excluding hydrogens is 250 g/mol.